The Bertz CT molecular complexity index is 1240. The van der Waals surface area contributed by atoms with Crippen LogP contribution in [0.2, 0.25) is 0 Å². The zero-order valence-electron chi connectivity index (χ0n) is 17.2. The van der Waals surface area contributed by atoms with E-state index in [0.717, 1.165) is 17.3 Å². The molecule has 0 unspecified atom stereocenters. The zero-order valence-corrected chi connectivity index (χ0v) is 18.0. The van der Waals surface area contributed by atoms with E-state index in [4.69, 9.17) is 10.6 Å². The number of para-hydroxylation sites is 2. The average Bonchev–Trinajstić information content (AvgIpc) is 3.15. The van der Waals surface area contributed by atoms with Gasteiger partial charge in [0.15, 0.2) is 11.6 Å². The number of carbonyl (C=O) groups excluding carboxylic acids is 1. The first-order valence-electron chi connectivity index (χ1n) is 9.73. The summed E-state index contributed by atoms with van der Waals surface area (Å²) in [6, 6.07) is 21.0. The third-order valence-corrected chi connectivity index (χ3v) is 5.46. The van der Waals surface area contributed by atoms with Crippen molar-refractivity contribution in [2.24, 2.45) is 0 Å². The molecule has 162 valence electrons. The number of rotatable bonds is 7. The van der Waals surface area contributed by atoms with Crippen LogP contribution in [0.1, 0.15) is 5.56 Å². The summed E-state index contributed by atoms with van der Waals surface area (Å²) in [5.41, 5.74) is 1.91. The molecular weight excluding hydrogens is 429 g/mol. The number of nitrogen functional groups attached to an aromatic ring is 1. The summed E-state index contributed by atoms with van der Waals surface area (Å²) in [4.78, 5) is 12.5. The molecule has 3 N–H and O–H groups in total. The molecule has 3 aromatic carbocycles. The van der Waals surface area contributed by atoms with E-state index in [1.807, 2.05) is 43.3 Å². The highest BCUT2D eigenvalue weighted by molar-refractivity contribution is 7.99. The van der Waals surface area contributed by atoms with Crippen LogP contribution in [0.25, 0.3) is 11.4 Å². The van der Waals surface area contributed by atoms with Gasteiger partial charge in [0.1, 0.15) is 11.6 Å². The standard InChI is InChI=1S/C23H20FN5O2S/c1-15-10-12-16(13-11-15)31-20-9-5-4-8-19(20)26-21(30)14-32-23-28-27-22(29(23)25)17-6-2-3-7-18(17)24/h2-13H,14,25H2,1H3,(H,26,30). The molecule has 4 aromatic rings. The first-order valence-corrected chi connectivity index (χ1v) is 10.7. The monoisotopic (exact) mass is 449 g/mol. The first-order chi connectivity index (χ1) is 15.5. The van der Waals surface area contributed by atoms with Crippen molar-refractivity contribution in [1.82, 2.24) is 14.9 Å². The highest BCUT2D eigenvalue weighted by atomic mass is 32.2. The summed E-state index contributed by atoms with van der Waals surface area (Å²) in [7, 11) is 0. The van der Waals surface area contributed by atoms with Gasteiger partial charge >= 0.3 is 0 Å². The van der Waals surface area contributed by atoms with Crippen molar-refractivity contribution < 1.29 is 13.9 Å². The Morgan fingerprint density at radius 3 is 2.56 bits per heavy atom. The molecule has 1 heterocycles. The molecule has 7 nitrogen and oxygen atoms in total. The number of carbonyl (C=O) groups is 1. The molecule has 0 radical (unpaired) electrons. The fourth-order valence-electron chi connectivity index (χ4n) is 2.91. The molecule has 0 bridgehead atoms. The number of hydrogen-bond acceptors (Lipinski definition) is 6. The van der Waals surface area contributed by atoms with E-state index < -0.39 is 5.82 Å². The molecular formula is C23H20FN5O2S. The molecule has 0 atom stereocenters. The van der Waals surface area contributed by atoms with Gasteiger partial charge in [0, 0.05) is 0 Å². The van der Waals surface area contributed by atoms with Crippen molar-refractivity contribution in [3.63, 3.8) is 0 Å². The molecule has 0 aliphatic rings. The van der Waals surface area contributed by atoms with Crippen molar-refractivity contribution >= 4 is 23.4 Å². The number of nitrogens with one attached hydrogen (secondary N) is 1. The Kier molecular flexibility index (Phi) is 6.37. The number of thioether (sulfide) groups is 1. The lowest BCUT2D eigenvalue weighted by atomic mass is 10.2. The number of ether oxygens (including phenoxy) is 1. The van der Waals surface area contributed by atoms with Gasteiger partial charge < -0.3 is 15.9 Å². The summed E-state index contributed by atoms with van der Waals surface area (Å²) in [5, 5.41) is 11.1. The van der Waals surface area contributed by atoms with Gasteiger partial charge in [0.25, 0.3) is 0 Å². The highest BCUT2D eigenvalue weighted by Gasteiger charge is 2.17. The Morgan fingerprint density at radius 2 is 1.78 bits per heavy atom. The Morgan fingerprint density at radius 1 is 1.06 bits per heavy atom. The predicted octanol–water partition coefficient (Wildman–Crippen LogP) is 4.63. The third-order valence-electron chi connectivity index (χ3n) is 4.52. The van der Waals surface area contributed by atoms with Crippen molar-refractivity contribution in [3.05, 3.63) is 84.2 Å². The van der Waals surface area contributed by atoms with Crippen LogP contribution in [0.4, 0.5) is 10.1 Å². The molecule has 9 heteroatoms. The maximum atomic E-state index is 14.0. The van der Waals surface area contributed by atoms with Crippen LogP contribution >= 0.6 is 11.8 Å². The molecule has 32 heavy (non-hydrogen) atoms. The molecule has 0 aliphatic carbocycles. The van der Waals surface area contributed by atoms with Gasteiger partial charge in [-0.25, -0.2) is 9.07 Å². The van der Waals surface area contributed by atoms with Gasteiger partial charge in [-0.2, -0.15) is 0 Å². The lowest BCUT2D eigenvalue weighted by molar-refractivity contribution is -0.113. The minimum Gasteiger partial charge on any atom is -0.455 e. The summed E-state index contributed by atoms with van der Waals surface area (Å²) >= 11 is 1.10. The lowest BCUT2D eigenvalue weighted by Crippen LogP contribution is -2.17. The lowest BCUT2D eigenvalue weighted by Gasteiger charge is -2.12. The number of halogens is 1. The smallest absolute Gasteiger partial charge is 0.234 e. The van der Waals surface area contributed by atoms with E-state index in [2.05, 4.69) is 15.5 Å². The minimum atomic E-state index is -0.453. The summed E-state index contributed by atoms with van der Waals surface area (Å²) in [5.74, 6) is 6.70. The summed E-state index contributed by atoms with van der Waals surface area (Å²) in [6.07, 6.45) is 0. The number of anilines is 1. The van der Waals surface area contributed by atoms with Crippen LogP contribution in [0.5, 0.6) is 11.5 Å². The molecule has 0 spiro atoms. The van der Waals surface area contributed by atoms with Gasteiger partial charge in [-0.1, -0.05) is 53.7 Å². The summed E-state index contributed by atoms with van der Waals surface area (Å²) < 4.78 is 21.1. The minimum absolute atomic E-state index is 0.0332. The van der Waals surface area contributed by atoms with Gasteiger partial charge in [0.05, 0.1) is 17.0 Å². The second kappa shape index (κ2) is 9.52. The molecule has 0 fully saturated rings. The Labute approximate surface area is 188 Å². The molecule has 0 aliphatic heterocycles. The van der Waals surface area contributed by atoms with Crippen LogP contribution in [0.3, 0.4) is 0 Å². The Hall–Kier alpha value is -3.85. The largest absolute Gasteiger partial charge is 0.455 e. The van der Waals surface area contributed by atoms with Gasteiger partial charge in [0.2, 0.25) is 11.1 Å². The van der Waals surface area contributed by atoms with E-state index >= 15 is 0 Å². The molecule has 0 saturated heterocycles. The second-order valence-corrected chi connectivity index (χ2v) is 7.85. The molecule has 1 aromatic heterocycles. The first kappa shape index (κ1) is 21.4. The SMILES string of the molecule is Cc1ccc(Oc2ccccc2NC(=O)CSc2nnc(-c3ccccc3F)n2N)cc1. The van der Waals surface area contributed by atoms with Crippen molar-refractivity contribution in [1.29, 1.82) is 0 Å². The second-order valence-electron chi connectivity index (χ2n) is 6.90. The topological polar surface area (TPSA) is 95.1 Å². The molecule has 1 amide bonds. The normalized spacial score (nSPS) is 10.7. The molecule has 0 saturated carbocycles. The average molecular weight is 450 g/mol. The highest BCUT2D eigenvalue weighted by Crippen LogP contribution is 2.30. The zero-order chi connectivity index (χ0) is 22.5. The van der Waals surface area contributed by atoms with E-state index in [0.29, 0.717) is 22.3 Å². The van der Waals surface area contributed by atoms with Crippen molar-refractivity contribution in [2.45, 2.75) is 12.1 Å². The van der Waals surface area contributed by atoms with E-state index in [1.54, 1.807) is 30.3 Å². The Balaban J connectivity index is 1.41. The maximum absolute atomic E-state index is 14.0. The fraction of sp³-hybridized carbons (Fsp3) is 0.0870. The van der Waals surface area contributed by atoms with E-state index in [9.17, 15) is 9.18 Å². The van der Waals surface area contributed by atoms with Crippen LogP contribution in [0, 0.1) is 12.7 Å². The number of aryl methyl sites for hydroxylation is 1. The number of benzene rings is 3. The number of hydrogen-bond donors (Lipinski definition) is 2. The number of nitrogens with two attached hydrogens (primary N) is 1. The number of nitrogens with zero attached hydrogens (tertiary/aromatic N) is 3. The van der Waals surface area contributed by atoms with Crippen LogP contribution in [-0.4, -0.2) is 26.5 Å². The van der Waals surface area contributed by atoms with Gasteiger partial charge in [-0.05, 0) is 43.3 Å². The van der Waals surface area contributed by atoms with Gasteiger partial charge in [-0.3, -0.25) is 4.79 Å². The number of aromatic nitrogens is 3. The van der Waals surface area contributed by atoms with E-state index in [-0.39, 0.29) is 23.0 Å². The third kappa shape index (κ3) is 4.89. The van der Waals surface area contributed by atoms with Crippen molar-refractivity contribution in [3.8, 4) is 22.9 Å². The van der Waals surface area contributed by atoms with Crippen LogP contribution < -0.4 is 15.9 Å². The van der Waals surface area contributed by atoms with Crippen LogP contribution in [0.15, 0.2) is 78.0 Å². The fourth-order valence-corrected chi connectivity index (χ4v) is 3.57. The van der Waals surface area contributed by atoms with Crippen LogP contribution in [-0.2, 0) is 4.79 Å². The van der Waals surface area contributed by atoms with Gasteiger partial charge in [-0.15, -0.1) is 10.2 Å². The number of amides is 1. The molecule has 4 rings (SSSR count). The van der Waals surface area contributed by atoms with Crippen molar-refractivity contribution in [2.75, 3.05) is 16.9 Å². The van der Waals surface area contributed by atoms with E-state index in [1.165, 1.54) is 10.7 Å². The predicted molar refractivity (Wildman–Crippen MR) is 123 cm³/mol. The maximum Gasteiger partial charge on any atom is 0.234 e. The quantitative estimate of drug-likeness (QED) is 0.316. The summed E-state index contributed by atoms with van der Waals surface area (Å²) in [6.45, 7) is 2.00.